The average molecular weight is 282 g/mol. The summed E-state index contributed by atoms with van der Waals surface area (Å²) in [5.41, 5.74) is 1.79. The van der Waals surface area contributed by atoms with Gasteiger partial charge in [-0.3, -0.25) is 0 Å². The predicted molar refractivity (Wildman–Crippen MR) is 71.0 cm³/mol. The number of rotatable bonds is 2. The Hall–Kier alpha value is -1.58. The molecule has 0 unspecified atom stereocenters. The number of pyridine rings is 1. The van der Waals surface area contributed by atoms with Gasteiger partial charge in [-0.2, -0.15) is 0 Å². The predicted octanol–water partition coefficient (Wildman–Crippen LogP) is 3.84. The SMILES string of the molecule is COC(=O)c1cc(Cl)nc(-c2ccc(Cl)cc2)c1. The third-order valence-electron chi connectivity index (χ3n) is 2.36. The minimum absolute atomic E-state index is 0.239. The first-order chi connectivity index (χ1) is 8.60. The number of hydrogen-bond donors (Lipinski definition) is 0. The number of carbonyl (C=O) groups is 1. The summed E-state index contributed by atoms with van der Waals surface area (Å²) in [6.45, 7) is 0. The molecular weight excluding hydrogens is 273 g/mol. The van der Waals surface area contributed by atoms with Gasteiger partial charge in [-0.05, 0) is 24.3 Å². The molecule has 0 amide bonds. The molecular formula is C13H9Cl2NO2. The van der Waals surface area contributed by atoms with Crippen LogP contribution in [-0.4, -0.2) is 18.1 Å². The molecule has 0 N–H and O–H groups in total. The van der Waals surface area contributed by atoms with Gasteiger partial charge in [-0.15, -0.1) is 0 Å². The lowest BCUT2D eigenvalue weighted by atomic mass is 10.1. The third-order valence-corrected chi connectivity index (χ3v) is 2.80. The first-order valence-electron chi connectivity index (χ1n) is 5.12. The van der Waals surface area contributed by atoms with Gasteiger partial charge in [-0.25, -0.2) is 9.78 Å². The van der Waals surface area contributed by atoms with Crippen LogP contribution in [0.3, 0.4) is 0 Å². The Morgan fingerprint density at radius 3 is 2.44 bits per heavy atom. The van der Waals surface area contributed by atoms with Crippen LogP contribution in [0.1, 0.15) is 10.4 Å². The van der Waals surface area contributed by atoms with Gasteiger partial charge in [0, 0.05) is 10.6 Å². The van der Waals surface area contributed by atoms with Crippen molar-refractivity contribution in [3.05, 3.63) is 52.1 Å². The second kappa shape index (κ2) is 5.38. The highest BCUT2D eigenvalue weighted by Gasteiger charge is 2.10. The van der Waals surface area contributed by atoms with Crippen molar-refractivity contribution in [1.82, 2.24) is 4.98 Å². The molecule has 0 spiro atoms. The number of halogens is 2. The molecule has 0 aliphatic rings. The summed E-state index contributed by atoms with van der Waals surface area (Å²) in [4.78, 5) is 15.6. The molecule has 2 rings (SSSR count). The molecule has 92 valence electrons. The molecule has 0 fully saturated rings. The number of aromatic nitrogens is 1. The Kier molecular flexibility index (Phi) is 3.84. The molecule has 1 heterocycles. The minimum Gasteiger partial charge on any atom is -0.465 e. The number of carbonyl (C=O) groups excluding carboxylic acids is 1. The normalized spacial score (nSPS) is 10.2. The summed E-state index contributed by atoms with van der Waals surface area (Å²) in [7, 11) is 1.32. The van der Waals surface area contributed by atoms with E-state index in [1.807, 2.05) is 12.1 Å². The first-order valence-corrected chi connectivity index (χ1v) is 5.87. The van der Waals surface area contributed by atoms with Gasteiger partial charge in [0.05, 0.1) is 18.4 Å². The van der Waals surface area contributed by atoms with Crippen molar-refractivity contribution in [2.45, 2.75) is 0 Å². The summed E-state index contributed by atoms with van der Waals surface area (Å²) >= 11 is 11.7. The highest BCUT2D eigenvalue weighted by molar-refractivity contribution is 6.30. The zero-order chi connectivity index (χ0) is 13.1. The Bertz CT molecular complexity index is 582. The second-order valence-corrected chi connectivity index (χ2v) is 4.39. The number of esters is 1. The fourth-order valence-electron chi connectivity index (χ4n) is 1.50. The first kappa shape index (κ1) is 12.9. The fraction of sp³-hybridized carbons (Fsp3) is 0.0769. The monoisotopic (exact) mass is 281 g/mol. The van der Waals surface area contributed by atoms with Crippen LogP contribution >= 0.6 is 23.2 Å². The van der Waals surface area contributed by atoms with Gasteiger partial charge in [0.15, 0.2) is 0 Å². The van der Waals surface area contributed by atoms with Crippen molar-refractivity contribution in [3.63, 3.8) is 0 Å². The van der Waals surface area contributed by atoms with E-state index in [-0.39, 0.29) is 5.15 Å². The number of nitrogens with zero attached hydrogens (tertiary/aromatic N) is 1. The number of methoxy groups -OCH3 is 1. The molecule has 0 saturated heterocycles. The van der Waals surface area contributed by atoms with Crippen LogP contribution in [0.5, 0.6) is 0 Å². The van der Waals surface area contributed by atoms with E-state index in [1.54, 1.807) is 18.2 Å². The van der Waals surface area contributed by atoms with E-state index in [9.17, 15) is 4.79 Å². The van der Waals surface area contributed by atoms with Gasteiger partial charge in [-0.1, -0.05) is 35.3 Å². The Labute approximate surface area is 114 Å². The fourth-order valence-corrected chi connectivity index (χ4v) is 1.84. The van der Waals surface area contributed by atoms with Crippen molar-refractivity contribution in [3.8, 4) is 11.3 Å². The maximum Gasteiger partial charge on any atom is 0.338 e. The van der Waals surface area contributed by atoms with E-state index in [0.29, 0.717) is 16.3 Å². The Morgan fingerprint density at radius 1 is 1.17 bits per heavy atom. The molecule has 0 bridgehead atoms. The smallest absolute Gasteiger partial charge is 0.338 e. The van der Waals surface area contributed by atoms with Crippen LogP contribution in [0.15, 0.2) is 36.4 Å². The van der Waals surface area contributed by atoms with Crippen molar-refractivity contribution in [1.29, 1.82) is 0 Å². The summed E-state index contributed by atoms with van der Waals surface area (Å²) in [5.74, 6) is -0.450. The summed E-state index contributed by atoms with van der Waals surface area (Å²) in [5, 5.41) is 0.872. The molecule has 0 saturated carbocycles. The van der Waals surface area contributed by atoms with E-state index in [2.05, 4.69) is 9.72 Å². The van der Waals surface area contributed by atoms with Crippen LogP contribution in [0.4, 0.5) is 0 Å². The largest absolute Gasteiger partial charge is 0.465 e. The van der Waals surface area contributed by atoms with Crippen LogP contribution in [0.25, 0.3) is 11.3 Å². The summed E-state index contributed by atoms with van der Waals surface area (Å²) in [6, 6.07) is 10.2. The number of ether oxygens (including phenoxy) is 1. The molecule has 2 aromatic rings. The van der Waals surface area contributed by atoms with Crippen LogP contribution in [0, 0.1) is 0 Å². The van der Waals surface area contributed by atoms with Crippen LogP contribution in [-0.2, 0) is 4.74 Å². The highest BCUT2D eigenvalue weighted by atomic mass is 35.5. The van der Waals surface area contributed by atoms with Gasteiger partial charge >= 0.3 is 5.97 Å². The number of benzene rings is 1. The average Bonchev–Trinajstić information content (AvgIpc) is 2.38. The highest BCUT2D eigenvalue weighted by Crippen LogP contribution is 2.23. The molecule has 1 aromatic carbocycles. The minimum atomic E-state index is -0.450. The third kappa shape index (κ3) is 2.81. The van der Waals surface area contributed by atoms with Gasteiger partial charge in [0.2, 0.25) is 0 Å². The molecule has 0 radical (unpaired) electrons. The lowest BCUT2D eigenvalue weighted by molar-refractivity contribution is 0.0600. The molecule has 3 nitrogen and oxygen atoms in total. The maximum absolute atomic E-state index is 11.5. The molecule has 0 aliphatic heterocycles. The van der Waals surface area contributed by atoms with E-state index in [0.717, 1.165) is 5.56 Å². The van der Waals surface area contributed by atoms with Crippen LogP contribution in [0.2, 0.25) is 10.2 Å². The van der Waals surface area contributed by atoms with E-state index < -0.39 is 5.97 Å². The Morgan fingerprint density at radius 2 is 1.83 bits per heavy atom. The van der Waals surface area contributed by atoms with Gasteiger partial charge in [0.25, 0.3) is 0 Å². The lowest BCUT2D eigenvalue weighted by Crippen LogP contribution is -2.02. The zero-order valence-electron chi connectivity index (χ0n) is 9.48. The van der Waals surface area contributed by atoms with E-state index in [1.165, 1.54) is 13.2 Å². The van der Waals surface area contributed by atoms with Crippen LogP contribution < -0.4 is 0 Å². The second-order valence-electron chi connectivity index (χ2n) is 3.56. The standard InChI is InChI=1S/C13H9Cl2NO2/c1-18-13(17)9-6-11(16-12(15)7-9)8-2-4-10(14)5-3-8/h2-7H,1H3. The quantitative estimate of drug-likeness (QED) is 0.620. The van der Waals surface area contributed by atoms with Crippen molar-refractivity contribution in [2.75, 3.05) is 7.11 Å². The maximum atomic E-state index is 11.5. The molecule has 0 aliphatic carbocycles. The van der Waals surface area contributed by atoms with Crippen molar-refractivity contribution < 1.29 is 9.53 Å². The van der Waals surface area contributed by atoms with Gasteiger partial charge in [0.1, 0.15) is 5.15 Å². The lowest BCUT2D eigenvalue weighted by Gasteiger charge is -2.05. The van der Waals surface area contributed by atoms with Crippen molar-refractivity contribution >= 4 is 29.2 Å². The van der Waals surface area contributed by atoms with Crippen molar-refractivity contribution in [2.24, 2.45) is 0 Å². The zero-order valence-corrected chi connectivity index (χ0v) is 11.0. The summed E-state index contributed by atoms with van der Waals surface area (Å²) in [6.07, 6.45) is 0. The molecule has 0 atom stereocenters. The molecule has 1 aromatic heterocycles. The number of hydrogen-bond acceptors (Lipinski definition) is 3. The summed E-state index contributed by atoms with van der Waals surface area (Å²) < 4.78 is 4.65. The van der Waals surface area contributed by atoms with E-state index in [4.69, 9.17) is 23.2 Å². The van der Waals surface area contributed by atoms with Gasteiger partial charge < -0.3 is 4.74 Å². The topological polar surface area (TPSA) is 39.2 Å². The Balaban J connectivity index is 2.48. The van der Waals surface area contributed by atoms with E-state index >= 15 is 0 Å². The molecule has 5 heteroatoms. The molecule has 18 heavy (non-hydrogen) atoms.